The van der Waals surface area contributed by atoms with Gasteiger partial charge in [0.1, 0.15) is 0 Å². The van der Waals surface area contributed by atoms with Crippen molar-refractivity contribution in [3.63, 3.8) is 0 Å². The number of nitrogens with one attached hydrogen (secondary N) is 1. The zero-order valence-corrected chi connectivity index (χ0v) is 9.85. The predicted molar refractivity (Wildman–Crippen MR) is 64.0 cm³/mol. The monoisotopic (exact) mass is 280 g/mol. The van der Waals surface area contributed by atoms with Crippen LogP contribution in [-0.4, -0.2) is 19.6 Å². The summed E-state index contributed by atoms with van der Waals surface area (Å²) >= 11 is 0. The highest BCUT2D eigenvalue weighted by molar-refractivity contribution is 5.60. The van der Waals surface area contributed by atoms with Gasteiger partial charge in [-0.3, -0.25) is 14.9 Å². The first-order chi connectivity index (χ1) is 9.45. The molecule has 102 valence electrons. The maximum absolute atomic E-state index is 12.6. The second kappa shape index (κ2) is 4.19. The van der Waals surface area contributed by atoms with E-state index in [1.807, 2.05) is 0 Å². The summed E-state index contributed by atoms with van der Waals surface area (Å²) < 4.78 is 38.7. The highest BCUT2D eigenvalue weighted by atomic mass is 19.4. The summed E-state index contributed by atoms with van der Waals surface area (Å²) in [6.45, 7) is 0. The summed E-state index contributed by atoms with van der Waals surface area (Å²) in [5, 5.41) is 2.67. The van der Waals surface area contributed by atoms with Gasteiger partial charge >= 0.3 is 6.18 Å². The molecule has 3 heterocycles. The van der Waals surface area contributed by atoms with Crippen molar-refractivity contribution in [1.82, 2.24) is 19.6 Å². The molecule has 0 bridgehead atoms. The van der Waals surface area contributed by atoms with Crippen LogP contribution < -0.4 is 5.56 Å². The lowest BCUT2D eigenvalue weighted by atomic mass is 10.3. The third kappa shape index (κ3) is 2.04. The molecule has 0 aliphatic heterocycles. The third-order valence-electron chi connectivity index (χ3n) is 2.68. The summed E-state index contributed by atoms with van der Waals surface area (Å²) in [5.74, 6) is 0. The quantitative estimate of drug-likeness (QED) is 0.742. The summed E-state index contributed by atoms with van der Waals surface area (Å²) in [7, 11) is 0. The fourth-order valence-corrected chi connectivity index (χ4v) is 1.79. The number of hydrogen-bond donors (Lipinski definition) is 1. The maximum Gasteiger partial charge on any atom is 0.433 e. The average molecular weight is 280 g/mol. The molecule has 0 aliphatic carbocycles. The number of hydrogen-bond acceptors (Lipinski definition) is 3. The Morgan fingerprint density at radius 3 is 2.65 bits per heavy atom. The van der Waals surface area contributed by atoms with Gasteiger partial charge in [0.2, 0.25) is 0 Å². The second-order valence-electron chi connectivity index (χ2n) is 4.06. The van der Waals surface area contributed by atoms with E-state index in [0.29, 0.717) is 17.5 Å². The number of pyridine rings is 1. The third-order valence-corrected chi connectivity index (χ3v) is 2.68. The number of rotatable bonds is 1. The van der Waals surface area contributed by atoms with Gasteiger partial charge in [0, 0.05) is 18.3 Å². The van der Waals surface area contributed by atoms with Gasteiger partial charge in [-0.15, -0.1) is 0 Å². The van der Waals surface area contributed by atoms with Gasteiger partial charge in [-0.05, 0) is 12.1 Å². The molecule has 0 fully saturated rings. The van der Waals surface area contributed by atoms with Crippen LogP contribution in [0.3, 0.4) is 0 Å². The number of halogens is 3. The van der Waals surface area contributed by atoms with Crippen molar-refractivity contribution in [2.45, 2.75) is 6.18 Å². The molecule has 0 spiro atoms. The van der Waals surface area contributed by atoms with Crippen LogP contribution in [0.1, 0.15) is 5.69 Å². The van der Waals surface area contributed by atoms with Crippen molar-refractivity contribution in [2.24, 2.45) is 0 Å². The van der Waals surface area contributed by atoms with Crippen molar-refractivity contribution >= 4 is 5.65 Å². The summed E-state index contributed by atoms with van der Waals surface area (Å²) in [5.41, 5.74) is -1.23. The lowest BCUT2D eigenvalue weighted by Crippen LogP contribution is -2.19. The van der Waals surface area contributed by atoms with Crippen molar-refractivity contribution in [2.75, 3.05) is 0 Å². The number of alkyl halides is 3. The Balaban J connectivity index is 2.22. The normalized spacial score (nSPS) is 11.9. The molecular weight excluding hydrogens is 273 g/mol. The highest BCUT2D eigenvalue weighted by Gasteiger charge is 2.33. The Kier molecular flexibility index (Phi) is 2.60. The van der Waals surface area contributed by atoms with Crippen LogP contribution in [-0.2, 0) is 6.18 Å². The van der Waals surface area contributed by atoms with E-state index in [2.05, 4.69) is 15.1 Å². The summed E-state index contributed by atoms with van der Waals surface area (Å²) in [6, 6.07) is 6.90. The molecular formula is C12H7F3N4O. The Bertz CT molecular complexity index is 820. The minimum atomic E-state index is -4.66. The number of aromatic amines is 1. The molecule has 0 aromatic carbocycles. The van der Waals surface area contributed by atoms with Gasteiger partial charge < -0.3 is 0 Å². The lowest BCUT2D eigenvalue weighted by Gasteiger charge is -2.04. The molecule has 0 amide bonds. The minimum Gasteiger partial charge on any atom is -0.287 e. The molecule has 3 aromatic rings. The van der Waals surface area contributed by atoms with Gasteiger partial charge in [0.05, 0.1) is 11.4 Å². The van der Waals surface area contributed by atoms with Crippen LogP contribution in [0.25, 0.3) is 17.0 Å². The molecule has 0 atom stereocenters. The van der Waals surface area contributed by atoms with Crippen LogP contribution in [0.4, 0.5) is 13.2 Å². The first kappa shape index (κ1) is 12.4. The van der Waals surface area contributed by atoms with Crippen molar-refractivity contribution < 1.29 is 13.2 Å². The van der Waals surface area contributed by atoms with Crippen LogP contribution in [0.5, 0.6) is 0 Å². The average Bonchev–Trinajstić information content (AvgIpc) is 2.83. The number of aromatic nitrogens is 4. The van der Waals surface area contributed by atoms with E-state index < -0.39 is 17.4 Å². The van der Waals surface area contributed by atoms with Crippen LogP contribution in [0, 0.1) is 0 Å². The second-order valence-corrected chi connectivity index (χ2v) is 4.06. The molecule has 3 aromatic heterocycles. The largest absolute Gasteiger partial charge is 0.433 e. The van der Waals surface area contributed by atoms with E-state index in [4.69, 9.17) is 0 Å². The molecule has 3 rings (SSSR count). The number of H-pyrrole nitrogens is 1. The van der Waals surface area contributed by atoms with Crippen LogP contribution in [0.15, 0.2) is 41.3 Å². The van der Waals surface area contributed by atoms with E-state index in [1.54, 1.807) is 18.2 Å². The Morgan fingerprint density at radius 2 is 2.00 bits per heavy atom. The molecule has 0 radical (unpaired) electrons. The van der Waals surface area contributed by atoms with E-state index in [9.17, 15) is 18.0 Å². The molecule has 1 N–H and O–H groups in total. The van der Waals surface area contributed by atoms with Crippen LogP contribution >= 0.6 is 0 Å². The van der Waals surface area contributed by atoms with E-state index >= 15 is 0 Å². The molecule has 0 saturated heterocycles. The molecule has 0 unspecified atom stereocenters. The molecule has 5 nitrogen and oxygen atoms in total. The Labute approximate surface area is 109 Å². The fraction of sp³-hybridized carbons (Fsp3) is 0.0833. The van der Waals surface area contributed by atoms with Gasteiger partial charge in [0.15, 0.2) is 11.3 Å². The highest BCUT2D eigenvalue weighted by Crippen LogP contribution is 2.27. The van der Waals surface area contributed by atoms with E-state index in [1.165, 1.54) is 12.3 Å². The van der Waals surface area contributed by atoms with Crippen molar-refractivity contribution in [3.05, 3.63) is 52.6 Å². The summed E-state index contributed by atoms with van der Waals surface area (Å²) in [6.07, 6.45) is -3.12. The number of nitrogens with zero attached hydrogens (tertiary/aromatic N) is 3. The van der Waals surface area contributed by atoms with Gasteiger partial charge in [-0.25, -0.2) is 9.50 Å². The first-order valence-corrected chi connectivity index (χ1v) is 5.56. The van der Waals surface area contributed by atoms with Gasteiger partial charge in [-0.1, -0.05) is 6.07 Å². The van der Waals surface area contributed by atoms with Crippen molar-refractivity contribution in [1.29, 1.82) is 0 Å². The topological polar surface area (TPSA) is 63.0 Å². The molecule has 0 aliphatic rings. The zero-order valence-electron chi connectivity index (χ0n) is 9.85. The fourth-order valence-electron chi connectivity index (χ4n) is 1.79. The van der Waals surface area contributed by atoms with E-state index in [0.717, 1.165) is 4.52 Å². The zero-order chi connectivity index (χ0) is 14.3. The first-order valence-electron chi connectivity index (χ1n) is 5.56. The molecule has 8 heteroatoms. The molecule has 0 saturated carbocycles. The summed E-state index contributed by atoms with van der Waals surface area (Å²) in [4.78, 5) is 19.1. The van der Waals surface area contributed by atoms with Gasteiger partial charge in [0.25, 0.3) is 5.56 Å². The maximum atomic E-state index is 12.6. The molecule has 20 heavy (non-hydrogen) atoms. The lowest BCUT2D eigenvalue weighted by molar-refractivity contribution is -0.141. The predicted octanol–water partition coefficient (Wildman–Crippen LogP) is 2.10. The Hall–Kier alpha value is -2.64. The van der Waals surface area contributed by atoms with Crippen molar-refractivity contribution in [3.8, 4) is 11.4 Å². The number of fused-ring (bicyclic) bond motifs is 1. The Morgan fingerprint density at radius 1 is 1.20 bits per heavy atom. The SMILES string of the molecule is O=c1cc(C(F)(F)F)nc2cc(-c3ccccn3)[nH]n12. The minimum absolute atomic E-state index is 0.106. The standard InChI is InChI=1S/C12H7F3N4O/c13-12(14,15)9-6-11(20)19-10(17-9)5-8(18-19)7-3-1-2-4-16-7/h1-6,18H. The van der Waals surface area contributed by atoms with Crippen LogP contribution in [0.2, 0.25) is 0 Å². The van der Waals surface area contributed by atoms with E-state index in [-0.39, 0.29) is 5.65 Å². The smallest absolute Gasteiger partial charge is 0.287 e. The van der Waals surface area contributed by atoms with Gasteiger partial charge in [-0.2, -0.15) is 13.2 Å².